The molecule has 0 radical (unpaired) electrons. The van der Waals surface area contributed by atoms with Crippen LogP contribution in [-0.4, -0.2) is 43.1 Å². The molecule has 0 unspecified atom stereocenters. The molecule has 10 heteroatoms. The fourth-order valence-electron chi connectivity index (χ4n) is 4.53. The first-order valence-corrected chi connectivity index (χ1v) is 11.6. The van der Waals surface area contributed by atoms with Gasteiger partial charge in [-0.2, -0.15) is 0 Å². The Hall–Kier alpha value is -2.46. The summed E-state index contributed by atoms with van der Waals surface area (Å²) in [5, 5.41) is 2.49. The molecule has 1 aliphatic heterocycles. The zero-order chi connectivity index (χ0) is 21.4. The first-order valence-electron chi connectivity index (χ1n) is 9.77. The summed E-state index contributed by atoms with van der Waals surface area (Å²) in [4.78, 5) is 15.5. The van der Waals surface area contributed by atoms with Crippen LogP contribution in [0.1, 0.15) is 30.6 Å². The Labute approximate surface area is 174 Å². The van der Waals surface area contributed by atoms with Gasteiger partial charge in [0.1, 0.15) is 5.82 Å². The van der Waals surface area contributed by atoms with Crippen LogP contribution in [0.5, 0.6) is 0 Å². The van der Waals surface area contributed by atoms with Gasteiger partial charge in [0.05, 0.1) is 12.5 Å². The van der Waals surface area contributed by atoms with Crippen molar-refractivity contribution in [3.05, 3.63) is 47.9 Å². The van der Waals surface area contributed by atoms with Crippen molar-refractivity contribution in [1.29, 1.82) is 0 Å². The topological polar surface area (TPSA) is 102 Å². The molecule has 2 fully saturated rings. The number of ether oxygens (including phenoxy) is 1. The molecule has 1 aliphatic carbocycles. The normalized spacial score (nSPS) is 24.0. The lowest BCUT2D eigenvalue weighted by molar-refractivity contribution is 0.0705. The average molecular weight is 437 g/mol. The van der Waals surface area contributed by atoms with Gasteiger partial charge in [0.15, 0.2) is 18.8 Å². The summed E-state index contributed by atoms with van der Waals surface area (Å²) in [6, 6.07) is 4.59. The van der Waals surface area contributed by atoms with E-state index in [-0.39, 0.29) is 17.8 Å². The predicted molar refractivity (Wildman–Crippen MR) is 107 cm³/mol. The SMILES string of the molecule is CS(=O)(=O)N1CCC2(CC(Cc3ccc(NC(=O)OCc4cnco4)cc3F)C2)C1. The Bertz CT molecular complexity index is 1020. The molecule has 1 aromatic heterocycles. The fraction of sp³-hybridized carbons (Fsp3) is 0.500. The maximum atomic E-state index is 14.5. The summed E-state index contributed by atoms with van der Waals surface area (Å²) in [5.41, 5.74) is 0.954. The Morgan fingerprint density at radius 3 is 2.87 bits per heavy atom. The van der Waals surface area contributed by atoms with Gasteiger partial charge in [0.25, 0.3) is 0 Å². The van der Waals surface area contributed by atoms with E-state index >= 15 is 0 Å². The van der Waals surface area contributed by atoms with Crippen molar-refractivity contribution < 1.29 is 26.8 Å². The van der Waals surface area contributed by atoms with Crippen molar-refractivity contribution in [2.24, 2.45) is 11.3 Å². The van der Waals surface area contributed by atoms with E-state index in [0.717, 1.165) is 19.3 Å². The molecule has 1 saturated carbocycles. The lowest BCUT2D eigenvalue weighted by Gasteiger charge is -2.45. The molecule has 8 nitrogen and oxygen atoms in total. The van der Waals surface area contributed by atoms with Crippen molar-refractivity contribution in [1.82, 2.24) is 9.29 Å². The van der Waals surface area contributed by atoms with Gasteiger partial charge in [0.2, 0.25) is 10.0 Å². The van der Waals surface area contributed by atoms with E-state index in [2.05, 4.69) is 10.3 Å². The molecule has 1 amide bonds. The van der Waals surface area contributed by atoms with Gasteiger partial charge < -0.3 is 9.15 Å². The molecule has 2 heterocycles. The lowest BCUT2D eigenvalue weighted by atomic mass is 9.60. The predicted octanol–water partition coefficient (Wildman–Crippen LogP) is 3.17. The molecule has 0 atom stereocenters. The number of benzene rings is 1. The van der Waals surface area contributed by atoms with Crippen molar-refractivity contribution in [2.75, 3.05) is 24.7 Å². The van der Waals surface area contributed by atoms with Crippen molar-refractivity contribution in [2.45, 2.75) is 32.3 Å². The number of carbonyl (C=O) groups is 1. The zero-order valence-electron chi connectivity index (χ0n) is 16.6. The minimum atomic E-state index is -3.14. The highest BCUT2D eigenvalue weighted by Gasteiger charge is 2.49. The molecule has 1 saturated heterocycles. The van der Waals surface area contributed by atoms with E-state index in [1.165, 1.54) is 24.9 Å². The van der Waals surface area contributed by atoms with Crippen LogP contribution in [0.2, 0.25) is 0 Å². The second kappa shape index (κ2) is 7.99. The van der Waals surface area contributed by atoms with Gasteiger partial charge in [-0.05, 0) is 54.7 Å². The van der Waals surface area contributed by atoms with Gasteiger partial charge in [-0.1, -0.05) is 6.07 Å². The van der Waals surface area contributed by atoms with Crippen LogP contribution >= 0.6 is 0 Å². The second-order valence-corrected chi connectivity index (χ2v) is 10.3. The Kier molecular flexibility index (Phi) is 5.54. The number of hydrogen-bond acceptors (Lipinski definition) is 6. The number of aromatic nitrogens is 1. The number of hydrogen-bond donors (Lipinski definition) is 1. The van der Waals surface area contributed by atoms with Crippen LogP contribution in [0, 0.1) is 17.2 Å². The maximum absolute atomic E-state index is 14.5. The number of anilines is 1. The summed E-state index contributed by atoms with van der Waals surface area (Å²) in [6.45, 7) is 1.09. The highest BCUT2D eigenvalue weighted by Crippen LogP contribution is 2.53. The molecule has 1 N–H and O–H groups in total. The third-order valence-electron chi connectivity index (χ3n) is 5.95. The van der Waals surface area contributed by atoms with Crippen LogP contribution in [0.4, 0.5) is 14.9 Å². The minimum absolute atomic E-state index is 0.0546. The first kappa shape index (κ1) is 20.8. The number of rotatable bonds is 6. The zero-order valence-corrected chi connectivity index (χ0v) is 17.5. The quantitative estimate of drug-likeness (QED) is 0.745. The molecule has 1 aromatic carbocycles. The molecule has 4 rings (SSSR count). The van der Waals surface area contributed by atoms with Crippen LogP contribution < -0.4 is 5.32 Å². The van der Waals surface area contributed by atoms with E-state index < -0.39 is 16.1 Å². The first-order chi connectivity index (χ1) is 14.2. The number of sulfonamides is 1. The van der Waals surface area contributed by atoms with E-state index in [1.807, 2.05) is 0 Å². The van der Waals surface area contributed by atoms with E-state index in [1.54, 1.807) is 16.4 Å². The molecule has 30 heavy (non-hydrogen) atoms. The molecular weight excluding hydrogens is 413 g/mol. The van der Waals surface area contributed by atoms with Crippen LogP contribution in [0.25, 0.3) is 0 Å². The smallest absolute Gasteiger partial charge is 0.412 e. The number of amides is 1. The summed E-state index contributed by atoms with van der Waals surface area (Å²) >= 11 is 0. The van der Waals surface area contributed by atoms with Crippen molar-refractivity contribution in [3.63, 3.8) is 0 Å². The van der Waals surface area contributed by atoms with Crippen molar-refractivity contribution in [3.8, 4) is 0 Å². The van der Waals surface area contributed by atoms with Crippen LogP contribution in [0.15, 0.2) is 35.2 Å². The Balaban J connectivity index is 1.27. The lowest BCUT2D eigenvalue weighted by Crippen LogP contribution is -2.41. The van der Waals surface area contributed by atoms with Gasteiger partial charge in [0, 0.05) is 18.8 Å². The third kappa shape index (κ3) is 4.65. The highest BCUT2D eigenvalue weighted by atomic mass is 32.2. The summed E-state index contributed by atoms with van der Waals surface area (Å²) in [5.74, 6) is 0.365. The maximum Gasteiger partial charge on any atom is 0.412 e. The van der Waals surface area contributed by atoms with Crippen molar-refractivity contribution >= 4 is 21.8 Å². The van der Waals surface area contributed by atoms with E-state index in [4.69, 9.17) is 9.15 Å². The molecule has 1 spiro atoms. The minimum Gasteiger partial charge on any atom is -0.445 e. The molecule has 162 valence electrons. The molecular formula is C20H24FN3O5S. The summed E-state index contributed by atoms with van der Waals surface area (Å²) in [6.07, 6.45) is 6.51. The second-order valence-electron chi connectivity index (χ2n) is 8.30. The van der Waals surface area contributed by atoms with Gasteiger partial charge in [-0.25, -0.2) is 26.9 Å². The van der Waals surface area contributed by atoms with Gasteiger partial charge in [-0.3, -0.25) is 5.32 Å². The molecule has 2 aromatic rings. The highest BCUT2D eigenvalue weighted by molar-refractivity contribution is 7.88. The standard InChI is InChI=1S/C20H24FN3O5S/c1-30(26,27)24-5-4-20(12-24)8-14(9-20)6-15-2-3-16(7-18(15)21)23-19(25)28-11-17-10-22-13-29-17/h2-3,7,10,13-14H,4-6,8-9,11-12H2,1H3,(H,23,25). The summed E-state index contributed by atoms with van der Waals surface area (Å²) < 4.78 is 49.5. The fourth-order valence-corrected chi connectivity index (χ4v) is 5.46. The summed E-state index contributed by atoms with van der Waals surface area (Å²) in [7, 11) is -3.14. The van der Waals surface area contributed by atoms with Gasteiger partial charge >= 0.3 is 6.09 Å². The van der Waals surface area contributed by atoms with E-state index in [0.29, 0.717) is 42.4 Å². The van der Waals surface area contributed by atoms with E-state index in [9.17, 15) is 17.6 Å². The van der Waals surface area contributed by atoms with Crippen LogP contribution in [-0.2, 0) is 27.8 Å². The van der Waals surface area contributed by atoms with Crippen LogP contribution in [0.3, 0.4) is 0 Å². The number of nitrogens with one attached hydrogen (secondary N) is 1. The van der Waals surface area contributed by atoms with Gasteiger partial charge in [-0.15, -0.1) is 0 Å². The largest absolute Gasteiger partial charge is 0.445 e. The number of halogens is 1. The monoisotopic (exact) mass is 437 g/mol. The molecule has 2 aliphatic rings. The molecule has 0 bridgehead atoms. The number of oxazole rings is 1. The Morgan fingerprint density at radius 1 is 1.43 bits per heavy atom. The Morgan fingerprint density at radius 2 is 2.23 bits per heavy atom. The third-order valence-corrected chi connectivity index (χ3v) is 7.20. The number of carbonyl (C=O) groups excluding carboxylic acids is 1. The number of nitrogens with zero attached hydrogens (tertiary/aromatic N) is 2. The average Bonchev–Trinajstić information content (AvgIpc) is 3.31.